The Hall–Kier alpha value is -1.06. The molecule has 0 aliphatic carbocycles. The van der Waals surface area contributed by atoms with Gasteiger partial charge in [-0.05, 0) is 31.0 Å². The predicted octanol–water partition coefficient (Wildman–Crippen LogP) is 2.76. The van der Waals surface area contributed by atoms with Gasteiger partial charge in [0, 0.05) is 11.6 Å². The zero-order valence-corrected chi connectivity index (χ0v) is 11.0. The van der Waals surface area contributed by atoms with Gasteiger partial charge in [-0.15, -0.1) is 0 Å². The van der Waals surface area contributed by atoms with E-state index in [4.69, 9.17) is 22.1 Å². The first-order valence-corrected chi connectivity index (χ1v) is 6.01. The summed E-state index contributed by atoms with van der Waals surface area (Å²) < 4.78 is 5.25. The molecule has 0 aromatic heterocycles. The van der Waals surface area contributed by atoms with Gasteiger partial charge in [0.2, 0.25) is 0 Å². The van der Waals surface area contributed by atoms with Crippen LogP contribution in [-0.2, 0) is 16.1 Å². The number of halogens is 1. The lowest BCUT2D eigenvalue weighted by atomic mass is 9.88. The van der Waals surface area contributed by atoms with Crippen molar-refractivity contribution in [2.45, 2.75) is 26.9 Å². The Morgan fingerprint density at radius 2 is 2.24 bits per heavy atom. The number of rotatable bonds is 5. The van der Waals surface area contributed by atoms with E-state index in [9.17, 15) is 4.79 Å². The third kappa shape index (κ3) is 3.72. The van der Waals surface area contributed by atoms with Crippen molar-refractivity contribution >= 4 is 17.6 Å². The van der Waals surface area contributed by atoms with Gasteiger partial charge in [0.15, 0.2) is 0 Å². The topological polar surface area (TPSA) is 52.3 Å². The lowest BCUT2D eigenvalue weighted by Crippen LogP contribution is -2.36. The lowest BCUT2D eigenvalue weighted by Gasteiger charge is -2.23. The van der Waals surface area contributed by atoms with E-state index in [1.54, 1.807) is 12.1 Å². The summed E-state index contributed by atoms with van der Waals surface area (Å²) >= 11 is 5.84. The van der Waals surface area contributed by atoms with Crippen molar-refractivity contribution in [2.24, 2.45) is 11.1 Å². The molecule has 0 spiro atoms. The van der Waals surface area contributed by atoms with Crippen LogP contribution in [-0.4, -0.2) is 12.5 Å². The minimum atomic E-state index is -0.599. The van der Waals surface area contributed by atoms with Crippen LogP contribution in [0, 0.1) is 5.41 Å². The number of carbonyl (C=O) groups is 1. The van der Waals surface area contributed by atoms with E-state index in [0.29, 0.717) is 11.4 Å². The quantitative estimate of drug-likeness (QED) is 0.823. The summed E-state index contributed by atoms with van der Waals surface area (Å²) in [6.07, 6.45) is 0.665. The molecule has 17 heavy (non-hydrogen) atoms. The van der Waals surface area contributed by atoms with Crippen LogP contribution in [0.25, 0.3) is 0 Å². The highest BCUT2D eigenvalue weighted by molar-refractivity contribution is 6.30. The lowest BCUT2D eigenvalue weighted by molar-refractivity contribution is -0.156. The summed E-state index contributed by atoms with van der Waals surface area (Å²) in [6, 6.07) is 7.25. The number of hydrogen-bond donors (Lipinski definition) is 1. The summed E-state index contributed by atoms with van der Waals surface area (Å²) in [5, 5.41) is 0.635. The fourth-order valence-electron chi connectivity index (χ4n) is 1.32. The molecule has 94 valence electrons. The Labute approximate surface area is 107 Å². The number of benzene rings is 1. The highest BCUT2D eigenvalue weighted by Gasteiger charge is 2.31. The van der Waals surface area contributed by atoms with Crippen molar-refractivity contribution in [3.05, 3.63) is 34.9 Å². The van der Waals surface area contributed by atoms with Crippen molar-refractivity contribution in [3.63, 3.8) is 0 Å². The number of nitrogens with two attached hydrogens (primary N) is 1. The summed E-state index contributed by atoms with van der Waals surface area (Å²) in [5.41, 5.74) is 5.87. The number of esters is 1. The van der Waals surface area contributed by atoms with E-state index < -0.39 is 5.41 Å². The van der Waals surface area contributed by atoms with Crippen LogP contribution in [0.5, 0.6) is 0 Å². The second-order valence-electron chi connectivity index (χ2n) is 4.32. The molecule has 1 aromatic rings. The van der Waals surface area contributed by atoms with E-state index >= 15 is 0 Å². The molecule has 3 nitrogen and oxygen atoms in total. The van der Waals surface area contributed by atoms with Crippen LogP contribution in [0.2, 0.25) is 5.02 Å². The van der Waals surface area contributed by atoms with Gasteiger partial charge in [0.1, 0.15) is 6.61 Å². The molecule has 1 aromatic carbocycles. The van der Waals surface area contributed by atoms with Gasteiger partial charge in [-0.3, -0.25) is 4.79 Å². The first-order chi connectivity index (χ1) is 8.01. The van der Waals surface area contributed by atoms with Gasteiger partial charge < -0.3 is 10.5 Å². The molecule has 0 aliphatic heterocycles. The molecule has 0 radical (unpaired) electrons. The molecule has 4 heteroatoms. The van der Waals surface area contributed by atoms with Crippen LogP contribution in [0.3, 0.4) is 0 Å². The molecular weight excluding hydrogens is 238 g/mol. The molecule has 2 N–H and O–H groups in total. The molecular formula is C13H18ClNO2. The van der Waals surface area contributed by atoms with Crippen molar-refractivity contribution in [3.8, 4) is 0 Å². The fraction of sp³-hybridized carbons (Fsp3) is 0.462. The third-order valence-electron chi connectivity index (χ3n) is 2.98. The van der Waals surface area contributed by atoms with Crippen molar-refractivity contribution in [1.82, 2.24) is 0 Å². The maximum Gasteiger partial charge on any atom is 0.313 e. The number of ether oxygens (including phenoxy) is 1. The largest absolute Gasteiger partial charge is 0.460 e. The van der Waals surface area contributed by atoms with Gasteiger partial charge in [0.25, 0.3) is 0 Å². The maximum absolute atomic E-state index is 11.9. The summed E-state index contributed by atoms with van der Waals surface area (Å²) in [5.74, 6) is -0.262. The zero-order chi connectivity index (χ0) is 12.9. The van der Waals surface area contributed by atoms with E-state index in [1.807, 2.05) is 26.0 Å². The Morgan fingerprint density at radius 3 is 2.76 bits per heavy atom. The molecule has 0 saturated heterocycles. The highest BCUT2D eigenvalue weighted by Crippen LogP contribution is 2.22. The number of hydrogen-bond acceptors (Lipinski definition) is 3. The van der Waals surface area contributed by atoms with Gasteiger partial charge in [-0.25, -0.2) is 0 Å². The molecule has 0 heterocycles. The summed E-state index contributed by atoms with van der Waals surface area (Å²) in [7, 11) is 0. The minimum Gasteiger partial charge on any atom is -0.460 e. The maximum atomic E-state index is 11.9. The van der Waals surface area contributed by atoms with Gasteiger partial charge in [-0.2, -0.15) is 0 Å². The van der Waals surface area contributed by atoms with Gasteiger partial charge >= 0.3 is 5.97 Å². The van der Waals surface area contributed by atoms with Crippen LogP contribution >= 0.6 is 11.6 Å². The normalized spacial score (nSPS) is 14.1. The van der Waals surface area contributed by atoms with Crippen LogP contribution in [0.15, 0.2) is 24.3 Å². The SMILES string of the molecule is CCC(C)(CN)C(=O)OCc1cccc(Cl)c1. The fourth-order valence-corrected chi connectivity index (χ4v) is 1.53. The Morgan fingerprint density at radius 1 is 1.53 bits per heavy atom. The standard InChI is InChI=1S/C13H18ClNO2/c1-3-13(2,9-15)12(16)17-8-10-5-4-6-11(14)7-10/h4-7H,3,8-9,15H2,1-2H3. The monoisotopic (exact) mass is 255 g/mol. The first kappa shape index (κ1) is 14.0. The van der Waals surface area contributed by atoms with E-state index in [1.165, 1.54) is 0 Å². The minimum absolute atomic E-state index is 0.231. The molecule has 1 rings (SSSR count). The molecule has 0 bridgehead atoms. The average molecular weight is 256 g/mol. The van der Waals surface area contributed by atoms with Gasteiger partial charge in [-0.1, -0.05) is 30.7 Å². The van der Waals surface area contributed by atoms with Gasteiger partial charge in [0.05, 0.1) is 5.41 Å². The van der Waals surface area contributed by atoms with E-state index in [2.05, 4.69) is 0 Å². The van der Waals surface area contributed by atoms with E-state index in [0.717, 1.165) is 5.56 Å². The highest BCUT2D eigenvalue weighted by atomic mass is 35.5. The molecule has 0 aliphatic rings. The molecule has 0 fully saturated rings. The average Bonchev–Trinajstić information content (AvgIpc) is 2.35. The predicted molar refractivity (Wildman–Crippen MR) is 68.7 cm³/mol. The van der Waals surface area contributed by atoms with Crippen LogP contribution < -0.4 is 5.73 Å². The van der Waals surface area contributed by atoms with Crippen molar-refractivity contribution < 1.29 is 9.53 Å². The van der Waals surface area contributed by atoms with Crippen LogP contribution in [0.1, 0.15) is 25.8 Å². The Kier molecular flexibility index (Phi) is 4.97. The Bertz CT molecular complexity index is 389. The number of carbonyl (C=O) groups excluding carboxylic acids is 1. The van der Waals surface area contributed by atoms with E-state index in [-0.39, 0.29) is 19.1 Å². The molecule has 1 atom stereocenters. The van der Waals surface area contributed by atoms with Crippen molar-refractivity contribution in [1.29, 1.82) is 0 Å². The zero-order valence-electron chi connectivity index (χ0n) is 10.2. The molecule has 1 unspecified atom stereocenters. The third-order valence-corrected chi connectivity index (χ3v) is 3.22. The second-order valence-corrected chi connectivity index (χ2v) is 4.76. The smallest absolute Gasteiger partial charge is 0.313 e. The summed E-state index contributed by atoms with van der Waals surface area (Å²) in [4.78, 5) is 11.9. The Balaban J connectivity index is 2.59. The molecule has 0 saturated carbocycles. The first-order valence-electron chi connectivity index (χ1n) is 5.63. The van der Waals surface area contributed by atoms with Crippen molar-refractivity contribution in [2.75, 3.05) is 6.54 Å². The second kappa shape index (κ2) is 6.03. The summed E-state index contributed by atoms with van der Waals surface area (Å²) in [6.45, 7) is 4.26. The van der Waals surface area contributed by atoms with Crippen LogP contribution in [0.4, 0.5) is 0 Å². The molecule has 0 amide bonds.